The highest BCUT2D eigenvalue weighted by molar-refractivity contribution is 6.31. The van der Waals surface area contributed by atoms with Crippen LogP contribution in [0.15, 0.2) is 42.5 Å². The molecule has 0 saturated carbocycles. The van der Waals surface area contributed by atoms with Gasteiger partial charge < -0.3 is 5.32 Å². The molecule has 0 radical (unpaired) electrons. The minimum atomic E-state index is -0.684. The summed E-state index contributed by atoms with van der Waals surface area (Å²) >= 11 is 5.94. The maximum atomic E-state index is 13.7. The smallest absolute Gasteiger partial charge is 0.242 e. The van der Waals surface area contributed by atoms with Gasteiger partial charge >= 0.3 is 0 Å². The van der Waals surface area contributed by atoms with Crippen LogP contribution in [0, 0.1) is 11.6 Å². The summed E-state index contributed by atoms with van der Waals surface area (Å²) in [5.41, 5.74) is 0.742. The van der Waals surface area contributed by atoms with E-state index in [9.17, 15) is 13.6 Å². The van der Waals surface area contributed by atoms with E-state index in [0.717, 1.165) is 0 Å². The lowest BCUT2D eigenvalue weighted by molar-refractivity contribution is -0.125. The lowest BCUT2D eigenvalue weighted by atomic mass is 10.0. The number of carbonyl (C=O) groups is 1. The van der Waals surface area contributed by atoms with Gasteiger partial charge in [-0.2, -0.15) is 0 Å². The van der Waals surface area contributed by atoms with Crippen LogP contribution in [0.1, 0.15) is 17.2 Å². The van der Waals surface area contributed by atoms with Crippen LogP contribution in [-0.4, -0.2) is 24.9 Å². The molecule has 3 nitrogen and oxygen atoms in total. The molecule has 1 N–H and O–H groups in total. The Hall–Kier alpha value is -1.98. The van der Waals surface area contributed by atoms with E-state index in [2.05, 4.69) is 5.32 Å². The summed E-state index contributed by atoms with van der Waals surface area (Å²) in [7, 11) is 3.43. The predicted octanol–water partition coefficient (Wildman–Crippen LogP) is 3.54. The fourth-order valence-corrected chi connectivity index (χ4v) is 2.56. The highest BCUT2D eigenvalue weighted by atomic mass is 35.5. The number of hydrogen-bond donors (Lipinski definition) is 1. The first-order valence-corrected chi connectivity index (χ1v) is 7.40. The van der Waals surface area contributed by atoms with Gasteiger partial charge in [-0.05, 0) is 43.9 Å². The van der Waals surface area contributed by atoms with Gasteiger partial charge in [0.25, 0.3) is 0 Å². The Balaban J connectivity index is 2.16. The molecule has 2 rings (SSSR count). The summed E-state index contributed by atoms with van der Waals surface area (Å²) in [6, 6.07) is 9.49. The van der Waals surface area contributed by atoms with Crippen molar-refractivity contribution < 1.29 is 13.6 Å². The molecule has 1 atom stereocenters. The molecule has 0 fully saturated rings. The highest BCUT2D eigenvalue weighted by Crippen LogP contribution is 2.21. The molecule has 0 aliphatic heterocycles. The van der Waals surface area contributed by atoms with Crippen molar-refractivity contribution >= 4 is 17.5 Å². The Bertz CT molecular complexity index is 686. The molecule has 122 valence electrons. The van der Waals surface area contributed by atoms with E-state index in [4.69, 9.17) is 11.6 Å². The second-order valence-electron chi connectivity index (χ2n) is 5.34. The molecule has 1 amide bonds. The van der Waals surface area contributed by atoms with Gasteiger partial charge in [0.2, 0.25) is 5.91 Å². The van der Waals surface area contributed by atoms with Crippen LogP contribution < -0.4 is 5.32 Å². The zero-order valence-electron chi connectivity index (χ0n) is 12.8. The van der Waals surface area contributed by atoms with Gasteiger partial charge in [-0.25, -0.2) is 8.78 Å². The van der Waals surface area contributed by atoms with Crippen molar-refractivity contribution in [1.82, 2.24) is 10.2 Å². The van der Waals surface area contributed by atoms with Gasteiger partial charge in [0.15, 0.2) is 0 Å². The molecule has 0 unspecified atom stereocenters. The van der Waals surface area contributed by atoms with Gasteiger partial charge in [0, 0.05) is 17.1 Å². The fourth-order valence-electron chi connectivity index (χ4n) is 2.33. The van der Waals surface area contributed by atoms with Crippen LogP contribution >= 0.6 is 11.6 Å². The maximum absolute atomic E-state index is 13.7. The Morgan fingerprint density at radius 1 is 1.22 bits per heavy atom. The molecule has 0 aliphatic rings. The van der Waals surface area contributed by atoms with Crippen molar-refractivity contribution in [3.8, 4) is 0 Å². The summed E-state index contributed by atoms with van der Waals surface area (Å²) < 4.78 is 27.1. The SMILES string of the molecule is CN(C)[C@@H](C(=O)NCc1c(F)cccc1Cl)c1cccc(F)c1. The van der Waals surface area contributed by atoms with Crippen molar-refractivity contribution in [2.45, 2.75) is 12.6 Å². The average Bonchev–Trinajstić information content (AvgIpc) is 2.46. The number of nitrogens with zero attached hydrogens (tertiary/aromatic N) is 1. The van der Waals surface area contributed by atoms with Gasteiger partial charge in [-0.1, -0.05) is 29.8 Å². The van der Waals surface area contributed by atoms with Crippen molar-refractivity contribution in [3.63, 3.8) is 0 Å². The van der Waals surface area contributed by atoms with Crippen molar-refractivity contribution in [2.75, 3.05) is 14.1 Å². The largest absolute Gasteiger partial charge is 0.350 e. The summed E-state index contributed by atoms with van der Waals surface area (Å²) in [6.45, 7) is -0.0377. The molecular formula is C17H17ClF2N2O. The minimum absolute atomic E-state index is 0.0377. The third-order valence-corrected chi connectivity index (χ3v) is 3.78. The number of halogens is 3. The molecule has 6 heteroatoms. The first-order valence-electron chi connectivity index (χ1n) is 7.02. The van der Waals surface area contributed by atoms with Gasteiger partial charge in [-0.3, -0.25) is 9.69 Å². The third kappa shape index (κ3) is 4.27. The van der Waals surface area contributed by atoms with E-state index < -0.39 is 17.7 Å². The van der Waals surface area contributed by atoms with E-state index in [1.54, 1.807) is 37.2 Å². The number of rotatable bonds is 5. The summed E-state index contributed by atoms with van der Waals surface area (Å²) in [5, 5.41) is 2.90. The highest BCUT2D eigenvalue weighted by Gasteiger charge is 2.23. The molecule has 0 heterocycles. The number of amides is 1. The minimum Gasteiger partial charge on any atom is -0.350 e. The van der Waals surface area contributed by atoms with Gasteiger partial charge in [-0.15, -0.1) is 0 Å². The Labute approximate surface area is 138 Å². The molecule has 0 bridgehead atoms. The molecule has 0 spiro atoms. The number of nitrogens with one attached hydrogen (secondary N) is 1. The third-order valence-electron chi connectivity index (χ3n) is 3.43. The lowest BCUT2D eigenvalue weighted by Gasteiger charge is -2.24. The van der Waals surface area contributed by atoms with Crippen LogP contribution in [0.3, 0.4) is 0 Å². The summed E-state index contributed by atoms with van der Waals surface area (Å²) in [5.74, 6) is -1.26. The number of likely N-dealkylation sites (N-methyl/N-ethyl adjacent to an activating group) is 1. The zero-order valence-corrected chi connectivity index (χ0v) is 13.6. The molecule has 2 aromatic rings. The Kier molecular flexibility index (Phi) is 5.69. The van der Waals surface area contributed by atoms with E-state index >= 15 is 0 Å². The quantitative estimate of drug-likeness (QED) is 0.904. The molecule has 0 saturated heterocycles. The topological polar surface area (TPSA) is 32.3 Å². The molecule has 2 aromatic carbocycles. The van der Waals surface area contributed by atoms with E-state index in [-0.39, 0.29) is 23.0 Å². The van der Waals surface area contributed by atoms with Gasteiger partial charge in [0.05, 0.1) is 0 Å². The van der Waals surface area contributed by atoms with Crippen molar-refractivity contribution in [2.24, 2.45) is 0 Å². The molecule has 0 aromatic heterocycles. The number of benzene rings is 2. The first kappa shape index (κ1) is 17.4. The zero-order chi connectivity index (χ0) is 17.0. The standard InChI is InChI=1S/C17H17ClF2N2O/c1-22(2)16(11-5-3-6-12(19)9-11)17(23)21-10-13-14(18)7-4-8-15(13)20/h3-9,16H,10H2,1-2H3,(H,21,23)/t16-/m1/s1. The maximum Gasteiger partial charge on any atom is 0.242 e. The second-order valence-corrected chi connectivity index (χ2v) is 5.75. The van der Waals surface area contributed by atoms with Crippen molar-refractivity contribution in [3.05, 3.63) is 70.2 Å². The lowest BCUT2D eigenvalue weighted by Crippen LogP contribution is -2.37. The van der Waals surface area contributed by atoms with Crippen molar-refractivity contribution in [1.29, 1.82) is 0 Å². The van der Waals surface area contributed by atoms with Crippen LogP contribution in [0.2, 0.25) is 5.02 Å². The second kappa shape index (κ2) is 7.53. The summed E-state index contributed by atoms with van der Waals surface area (Å²) in [6.07, 6.45) is 0. The van der Waals surface area contributed by atoms with Gasteiger partial charge in [0.1, 0.15) is 17.7 Å². The fraction of sp³-hybridized carbons (Fsp3) is 0.235. The van der Waals surface area contributed by atoms with Crippen LogP contribution in [0.25, 0.3) is 0 Å². The predicted molar refractivity (Wildman–Crippen MR) is 86.1 cm³/mol. The first-order chi connectivity index (χ1) is 10.9. The normalized spacial score (nSPS) is 12.3. The van der Waals surface area contributed by atoms with E-state index in [1.165, 1.54) is 24.3 Å². The van der Waals surface area contributed by atoms with Crippen LogP contribution in [-0.2, 0) is 11.3 Å². The molecule has 23 heavy (non-hydrogen) atoms. The van der Waals surface area contributed by atoms with E-state index in [1.807, 2.05) is 0 Å². The number of hydrogen-bond acceptors (Lipinski definition) is 2. The Morgan fingerprint density at radius 3 is 2.52 bits per heavy atom. The van der Waals surface area contributed by atoms with E-state index in [0.29, 0.717) is 5.56 Å². The number of carbonyl (C=O) groups excluding carboxylic acids is 1. The molecular weight excluding hydrogens is 322 g/mol. The Morgan fingerprint density at radius 2 is 1.91 bits per heavy atom. The monoisotopic (exact) mass is 338 g/mol. The average molecular weight is 339 g/mol. The van der Waals surface area contributed by atoms with Crippen LogP contribution in [0.4, 0.5) is 8.78 Å². The summed E-state index contributed by atoms with van der Waals surface area (Å²) in [4.78, 5) is 14.1. The van der Waals surface area contributed by atoms with Crippen LogP contribution in [0.5, 0.6) is 0 Å². The molecule has 0 aliphatic carbocycles.